The number of hydrogen-bond acceptors (Lipinski definition) is 6. The number of thiocarbonyl (C=S) groups is 1. The molecule has 1 fully saturated rings. The van der Waals surface area contributed by atoms with Gasteiger partial charge in [0, 0.05) is 31.6 Å². The Morgan fingerprint density at radius 1 is 1.43 bits per heavy atom. The number of carbonyl (C=O) groups is 2. The fourth-order valence-corrected chi connectivity index (χ4v) is 3.88. The molecule has 2 rings (SSSR count). The second kappa shape index (κ2) is 10.5. The fourth-order valence-electron chi connectivity index (χ4n) is 2.58. The van der Waals surface area contributed by atoms with Gasteiger partial charge in [-0.15, -0.1) is 0 Å². The molecule has 10 heteroatoms. The number of aliphatic hydroxyl groups excluding tert-OH is 1. The monoisotopic (exact) mass is 430 g/mol. The highest BCUT2D eigenvalue weighted by atomic mass is 32.2. The molecule has 0 aromatic heterocycles. The van der Waals surface area contributed by atoms with Gasteiger partial charge in [0.05, 0.1) is 11.5 Å². The molecule has 0 bridgehead atoms. The molecule has 1 heterocycles. The molecule has 2 amide bonds. The van der Waals surface area contributed by atoms with Gasteiger partial charge < -0.3 is 14.7 Å². The molecule has 1 N–H and O–H groups in total. The van der Waals surface area contributed by atoms with Gasteiger partial charge in [-0.05, 0) is 19.1 Å². The molecule has 0 radical (unpaired) electrons. The van der Waals surface area contributed by atoms with Crippen LogP contribution in [-0.2, 0) is 9.59 Å². The van der Waals surface area contributed by atoms with Crippen LogP contribution in [0.3, 0.4) is 0 Å². The highest BCUT2D eigenvalue weighted by Crippen LogP contribution is 2.34. The lowest BCUT2D eigenvalue weighted by Crippen LogP contribution is -2.37. The van der Waals surface area contributed by atoms with Gasteiger partial charge in [-0.25, -0.2) is 0 Å². The SMILES string of the molecule is CCN(CCO)C(=O)CCN1C(=O)/C(=C/c2ccccc2OC(F)F)SC1=S. The minimum Gasteiger partial charge on any atom is -0.434 e. The van der Waals surface area contributed by atoms with Crippen LogP contribution in [0.4, 0.5) is 8.78 Å². The van der Waals surface area contributed by atoms with E-state index in [0.29, 0.717) is 16.4 Å². The topological polar surface area (TPSA) is 70.1 Å². The molecule has 6 nitrogen and oxygen atoms in total. The van der Waals surface area contributed by atoms with Gasteiger partial charge in [0.2, 0.25) is 5.91 Å². The predicted octanol–water partition coefficient (Wildman–Crippen LogP) is 2.72. The van der Waals surface area contributed by atoms with Crippen LogP contribution in [-0.4, -0.2) is 63.9 Å². The van der Waals surface area contributed by atoms with Crippen LogP contribution in [0.25, 0.3) is 6.08 Å². The zero-order chi connectivity index (χ0) is 20.7. The first-order chi connectivity index (χ1) is 13.4. The van der Waals surface area contributed by atoms with Gasteiger partial charge in [-0.3, -0.25) is 14.5 Å². The zero-order valence-electron chi connectivity index (χ0n) is 15.1. The predicted molar refractivity (Wildman–Crippen MR) is 107 cm³/mol. The summed E-state index contributed by atoms with van der Waals surface area (Å²) in [6.45, 7) is -0.515. The van der Waals surface area contributed by atoms with Crippen molar-refractivity contribution in [2.45, 2.75) is 20.0 Å². The molecule has 1 aromatic carbocycles. The number of amides is 2. The van der Waals surface area contributed by atoms with E-state index in [-0.39, 0.29) is 48.6 Å². The molecule has 0 aliphatic carbocycles. The van der Waals surface area contributed by atoms with Gasteiger partial charge in [0.1, 0.15) is 10.1 Å². The molecule has 28 heavy (non-hydrogen) atoms. The van der Waals surface area contributed by atoms with Gasteiger partial charge in [-0.2, -0.15) is 8.78 Å². The smallest absolute Gasteiger partial charge is 0.387 e. The van der Waals surface area contributed by atoms with Crippen molar-refractivity contribution in [2.24, 2.45) is 0 Å². The lowest BCUT2D eigenvalue weighted by molar-refractivity contribution is -0.132. The summed E-state index contributed by atoms with van der Waals surface area (Å²) >= 11 is 6.26. The number of likely N-dealkylation sites (N-methyl/N-ethyl adjacent to an activating group) is 1. The second-order valence-electron chi connectivity index (χ2n) is 5.70. The van der Waals surface area contributed by atoms with E-state index in [4.69, 9.17) is 17.3 Å². The van der Waals surface area contributed by atoms with Crippen LogP contribution in [0.1, 0.15) is 18.9 Å². The number of ether oxygens (including phenoxy) is 1. The normalized spacial score (nSPS) is 15.6. The van der Waals surface area contributed by atoms with Crippen LogP contribution < -0.4 is 4.74 Å². The number of aliphatic hydroxyl groups is 1. The molecular weight excluding hydrogens is 410 g/mol. The third kappa shape index (κ3) is 5.73. The number of carbonyl (C=O) groups excluding carboxylic acids is 2. The van der Waals surface area contributed by atoms with E-state index >= 15 is 0 Å². The molecule has 0 atom stereocenters. The van der Waals surface area contributed by atoms with Crippen LogP contribution in [0.15, 0.2) is 29.2 Å². The summed E-state index contributed by atoms with van der Waals surface area (Å²) in [7, 11) is 0. The number of alkyl halides is 2. The number of rotatable bonds is 9. The van der Waals surface area contributed by atoms with Crippen molar-refractivity contribution < 1.29 is 28.2 Å². The second-order valence-corrected chi connectivity index (χ2v) is 7.37. The number of thioether (sulfide) groups is 1. The summed E-state index contributed by atoms with van der Waals surface area (Å²) in [5, 5.41) is 8.99. The van der Waals surface area contributed by atoms with Gasteiger partial charge >= 0.3 is 6.61 Å². The zero-order valence-corrected chi connectivity index (χ0v) is 16.8. The van der Waals surface area contributed by atoms with Crippen LogP contribution in [0.2, 0.25) is 0 Å². The Morgan fingerprint density at radius 2 is 2.14 bits per heavy atom. The Kier molecular flexibility index (Phi) is 8.34. The summed E-state index contributed by atoms with van der Waals surface area (Å²) in [5.41, 5.74) is 0.333. The quantitative estimate of drug-likeness (QED) is 0.480. The van der Waals surface area contributed by atoms with E-state index in [1.54, 1.807) is 25.1 Å². The van der Waals surface area contributed by atoms with E-state index in [9.17, 15) is 18.4 Å². The third-order valence-corrected chi connectivity index (χ3v) is 5.33. The van der Waals surface area contributed by atoms with Crippen molar-refractivity contribution in [3.05, 3.63) is 34.7 Å². The Bertz CT molecular complexity index is 774. The number of halogens is 2. The number of para-hydroxylation sites is 1. The Morgan fingerprint density at radius 3 is 2.79 bits per heavy atom. The lowest BCUT2D eigenvalue weighted by atomic mass is 10.2. The average Bonchev–Trinajstić information content (AvgIpc) is 2.92. The van der Waals surface area contributed by atoms with Crippen LogP contribution >= 0.6 is 24.0 Å². The van der Waals surface area contributed by atoms with Crippen molar-refractivity contribution >= 4 is 46.2 Å². The first-order valence-electron chi connectivity index (χ1n) is 8.55. The fraction of sp³-hybridized carbons (Fsp3) is 0.389. The maximum absolute atomic E-state index is 12.6. The van der Waals surface area contributed by atoms with E-state index in [1.807, 2.05) is 0 Å². The average molecular weight is 430 g/mol. The van der Waals surface area contributed by atoms with Crippen molar-refractivity contribution in [3.63, 3.8) is 0 Å². The summed E-state index contributed by atoms with van der Waals surface area (Å²) < 4.78 is 29.9. The van der Waals surface area contributed by atoms with Gasteiger partial charge in [0.15, 0.2) is 0 Å². The van der Waals surface area contributed by atoms with Crippen molar-refractivity contribution in [1.82, 2.24) is 9.80 Å². The first kappa shape index (κ1) is 22.3. The Balaban J connectivity index is 2.09. The Hall–Kier alpha value is -2.04. The molecule has 152 valence electrons. The van der Waals surface area contributed by atoms with E-state index in [0.717, 1.165) is 11.8 Å². The molecule has 0 spiro atoms. The molecule has 0 saturated carbocycles. The maximum Gasteiger partial charge on any atom is 0.387 e. The highest BCUT2D eigenvalue weighted by molar-refractivity contribution is 8.26. The molecule has 1 aliphatic rings. The van der Waals surface area contributed by atoms with Gasteiger partial charge in [0.25, 0.3) is 5.91 Å². The van der Waals surface area contributed by atoms with Crippen LogP contribution in [0, 0.1) is 0 Å². The van der Waals surface area contributed by atoms with Crippen LogP contribution in [0.5, 0.6) is 5.75 Å². The standard InChI is InChI=1S/C18H20F2N2O4S2/c1-2-21(9-10-23)15(24)7-8-22-16(25)14(28-18(22)27)11-12-5-3-4-6-13(12)26-17(19)20/h3-6,11,17,23H,2,7-10H2,1H3/b14-11-. The number of hydrogen-bond donors (Lipinski definition) is 1. The third-order valence-electron chi connectivity index (χ3n) is 3.95. The first-order valence-corrected chi connectivity index (χ1v) is 9.77. The molecule has 1 aromatic rings. The molecule has 1 saturated heterocycles. The van der Waals surface area contributed by atoms with Gasteiger partial charge in [-0.1, -0.05) is 42.2 Å². The van der Waals surface area contributed by atoms with Crippen molar-refractivity contribution in [3.8, 4) is 5.75 Å². The summed E-state index contributed by atoms with van der Waals surface area (Å²) in [4.78, 5) is 27.9. The number of nitrogens with zero attached hydrogens (tertiary/aromatic N) is 2. The summed E-state index contributed by atoms with van der Waals surface area (Å²) in [6, 6.07) is 6.14. The summed E-state index contributed by atoms with van der Waals surface area (Å²) in [5.74, 6) is -0.620. The van der Waals surface area contributed by atoms with E-state index < -0.39 is 6.61 Å². The summed E-state index contributed by atoms with van der Waals surface area (Å²) in [6.07, 6.45) is 1.52. The highest BCUT2D eigenvalue weighted by Gasteiger charge is 2.32. The molecule has 1 aliphatic heterocycles. The molecular formula is C18H20F2N2O4S2. The maximum atomic E-state index is 12.6. The largest absolute Gasteiger partial charge is 0.434 e. The van der Waals surface area contributed by atoms with Crippen molar-refractivity contribution in [1.29, 1.82) is 0 Å². The number of benzene rings is 1. The van der Waals surface area contributed by atoms with Crippen molar-refractivity contribution in [2.75, 3.05) is 26.2 Å². The minimum atomic E-state index is -2.98. The Labute approximate surface area is 171 Å². The minimum absolute atomic E-state index is 0.0412. The molecule has 0 unspecified atom stereocenters. The van der Waals surface area contributed by atoms with E-state index in [1.165, 1.54) is 21.9 Å². The lowest BCUT2D eigenvalue weighted by Gasteiger charge is -2.21. The van der Waals surface area contributed by atoms with E-state index in [2.05, 4.69) is 4.74 Å².